The number of nitrogens with one attached hydrogen (secondary N) is 1. The Bertz CT molecular complexity index is 346. The highest BCUT2D eigenvalue weighted by molar-refractivity contribution is 7.12. The van der Waals surface area contributed by atoms with Crippen molar-refractivity contribution in [3.05, 3.63) is 21.4 Å². The number of thiophene rings is 1. The predicted molar refractivity (Wildman–Crippen MR) is 83.7 cm³/mol. The highest BCUT2D eigenvalue weighted by Gasteiger charge is 2.07. The van der Waals surface area contributed by atoms with Gasteiger partial charge in [0.05, 0.1) is 0 Å². The summed E-state index contributed by atoms with van der Waals surface area (Å²) in [5.41, 5.74) is 1.76. The van der Waals surface area contributed by atoms with Crippen LogP contribution in [0.3, 0.4) is 0 Å². The fourth-order valence-electron chi connectivity index (χ4n) is 2.17. The SMILES string of the molecule is Cc1cc(C)c(CCCCCCNC(C)(C)C)s1. The Hall–Kier alpha value is -0.340. The summed E-state index contributed by atoms with van der Waals surface area (Å²) in [7, 11) is 0. The van der Waals surface area contributed by atoms with E-state index in [4.69, 9.17) is 0 Å². The van der Waals surface area contributed by atoms with Crippen molar-refractivity contribution in [1.29, 1.82) is 0 Å². The molecule has 0 amide bonds. The average molecular weight is 267 g/mol. The van der Waals surface area contributed by atoms with Gasteiger partial charge < -0.3 is 5.32 Å². The molecule has 0 unspecified atom stereocenters. The minimum Gasteiger partial charge on any atom is -0.312 e. The van der Waals surface area contributed by atoms with Crippen molar-refractivity contribution in [3.63, 3.8) is 0 Å². The Morgan fingerprint density at radius 3 is 2.28 bits per heavy atom. The van der Waals surface area contributed by atoms with E-state index in [9.17, 15) is 0 Å². The Labute approximate surface area is 117 Å². The maximum Gasteiger partial charge on any atom is 0.00965 e. The largest absolute Gasteiger partial charge is 0.312 e. The highest BCUT2D eigenvalue weighted by Crippen LogP contribution is 2.23. The zero-order valence-corrected chi connectivity index (χ0v) is 13.5. The van der Waals surface area contributed by atoms with Crippen molar-refractivity contribution in [2.24, 2.45) is 0 Å². The predicted octanol–water partition coefficient (Wildman–Crippen LogP) is 4.86. The third kappa shape index (κ3) is 6.55. The second-order valence-electron chi connectivity index (χ2n) is 6.30. The Balaban J connectivity index is 2.04. The van der Waals surface area contributed by atoms with E-state index in [-0.39, 0.29) is 5.54 Å². The number of unbranched alkanes of at least 4 members (excludes halogenated alkanes) is 3. The fourth-order valence-corrected chi connectivity index (χ4v) is 3.26. The lowest BCUT2D eigenvalue weighted by atomic mass is 10.1. The lowest BCUT2D eigenvalue weighted by Gasteiger charge is -2.20. The molecule has 104 valence electrons. The highest BCUT2D eigenvalue weighted by atomic mass is 32.1. The average Bonchev–Trinajstić information content (AvgIpc) is 2.54. The van der Waals surface area contributed by atoms with Crippen LogP contribution in [-0.4, -0.2) is 12.1 Å². The summed E-state index contributed by atoms with van der Waals surface area (Å²) < 4.78 is 0. The van der Waals surface area contributed by atoms with E-state index in [0.717, 1.165) is 6.54 Å². The van der Waals surface area contributed by atoms with E-state index in [2.05, 4.69) is 46.0 Å². The molecule has 1 heterocycles. The molecule has 0 aliphatic rings. The van der Waals surface area contributed by atoms with Gasteiger partial charge in [-0.05, 0) is 72.1 Å². The van der Waals surface area contributed by atoms with Gasteiger partial charge in [0.15, 0.2) is 0 Å². The Morgan fingerprint density at radius 1 is 1.06 bits per heavy atom. The molecule has 1 N–H and O–H groups in total. The standard InChI is InChI=1S/C16H29NS/c1-13-12-14(2)18-15(13)10-8-6-7-9-11-17-16(3,4)5/h12,17H,6-11H2,1-5H3. The van der Waals surface area contributed by atoms with Gasteiger partial charge in [-0.1, -0.05) is 12.8 Å². The van der Waals surface area contributed by atoms with Gasteiger partial charge in [0, 0.05) is 15.3 Å². The van der Waals surface area contributed by atoms with Crippen LogP contribution in [-0.2, 0) is 6.42 Å². The smallest absolute Gasteiger partial charge is 0.00965 e. The molecule has 0 fully saturated rings. The van der Waals surface area contributed by atoms with Gasteiger partial charge in [0.1, 0.15) is 0 Å². The van der Waals surface area contributed by atoms with Gasteiger partial charge in [-0.3, -0.25) is 0 Å². The molecule has 0 radical (unpaired) electrons. The van der Waals surface area contributed by atoms with Crippen LogP contribution >= 0.6 is 11.3 Å². The molecule has 0 spiro atoms. The van der Waals surface area contributed by atoms with Crippen molar-refractivity contribution in [2.45, 2.75) is 72.3 Å². The molecule has 0 atom stereocenters. The summed E-state index contributed by atoms with van der Waals surface area (Å²) in [6, 6.07) is 2.31. The van der Waals surface area contributed by atoms with Crippen molar-refractivity contribution in [1.82, 2.24) is 5.32 Å². The van der Waals surface area contributed by atoms with Gasteiger partial charge in [0.25, 0.3) is 0 Å². The van der Waals surface area contributed by atoms with Crippen molar-refractivity contribution in [2.75, 3.05) is 6.54 Å². The molecule has 2 heteroatoms. The second kappa shape index (κ2) is 7.30. The lowest BCUT2D eigenvalue weighted by molar-refractivity contribution is 0.416. The number of rotatable bonds is 7. The second-order valence-corrected chi connectivity index (χ2v) is 7.65. The third-order valence-corrected chi connectivity index (χ3v) is 4.34. The van der Waals surface area contributed by atoms with Gasteiger partial charge in [-0.25, -0.2) is 0 Å². The Morgan fingerprint density at radius 2 is 1.72 bits per heavy atom. The molecule has 0 aliphatic carbocycles. The molecule has 18 heavy (non-hydrogen) atoms. The molecule has 0 aromatic carbocycles. The summed E-state index contributed by atoms with van der Waals surface area (Å²) in [4.78, 5) is 3.05. The Kier molecular flexibility index (Phi) is 6.37. The van der Waals surface area contributed by atoms with Gasteiger partial charge in [-0.15, -0.1) is 11.3 Å². The maximum absolute atomic E-state index is 3.54. The van der Waals surface area contributed by atoms with Crippen LogP contribution in [0.1, 0.15) is 61.8 Å². The lowest BCUT2D eigenvalue weighted by Crippen LogP contribution is -2.36. The van der Waals surface area contributed by atoms with Crippen LogP contribution < -0.4 is 5.32 Å². The first-order chi connectivity index (χ1) is 8.38. The van der Waals surface area contributed by atoms with E-state index in [1.165, 1.54) is 42.5 Å². The molecule has 0 aliphatic heterocycles. The zero-order chi connectivity index (χ0) is 13.6. The van der Waals surface area contributed by atoms with E-state index in [1.807, 2.05) is 11.3 Å². The van der Waals surface area contributed by atoms with Gasteiger partial charge in [0.2, 0.25) is 0 Å². The number of hydrogen-bond acceptors (Lipinski definition) is 2. The first-order valence-electron chi connectivity index (χ1n) is 7.19. The van der Waals surface area contributed by atoms with Gasteiger partial charge in [-0.2, -0.15) is 0 Å². The molecule has 1 aromatic rings. The molecular formula is C16H29NS. The molecule has 1 nitrogen and oxygen atoms in total. The summed E-state index contributed by atoms with van der Waals surface area (Å²) in [5.74, 6) is 0. The van der Waals surface area contributed by atoms with Crippen molar-refractivity contribution >= 4 is 11.3 Å². The van der Waals surface area contributed by atoms with Crippen molar-refractivity contribution in [3.8, 4) is 0 Å². The first-order valence-corrected chi connectivity index (χ1v) is 8.01. The van der Waals surface area contributed by atoms with Crippen LogP contribution in [0.25, 0.3) is 0 Å². The molecule has 1 aromatic heterocycles. The van der Waals surface area contributed by atoms with Crippen LogP contribution in [0.15, 0.2) is 6.07 Å². The maximum atomic E-state index is 3.54. The normalized spacial score (nSPS) is 12.1. The number of aryl methyl sites for hydroxylation is 3. The topological polar surface area (TPSA) is 12.0 Å². The van der Waals surface area contributed by atoms with Crippen LogP contribution in [0, 0.1) is 13.8 Å². The molecule has 0 saturated heterocycles. The summed E-state index contributed by atoms with van der Waals surface area (Å²) in [6.07, 6.45) is 6.64. The summed E-state index contributed by atoms with van der Waals surface area (Å²) >= 11 is 1.97. The minimum atomic E-state index is 0.269. The van der Waals surface area contributed by atoms with Gasteiger partial charge >= 0.3 is 0 Å². The fraction of sp³-hybridized carbons (Fsp3) is 0.750. The first kappa shape index (κ1) is 15.7. The zero-order valence-electron chi connectivity index (χ0n) is 12.7. The van der Waals surface area contributed by atoms with Crippen LogP contribution in [0.4, 0.5) is 0 Å². The molecular weight excluding hydrogens is 238 g/mol. The van der Waals surface area contributed by atoms with E-state index >= 15 is 0 Å². The third-order valence-electron chi connectivity index (χ3n) is 3.13. The van der Waals surface area contributed by atoms with Crippen LogP contribution in [0.2, 0.25) is 0 Å². The molecule has 1 rings (SSSR count). The van der Waals surface area contributed by atoms with Crippen LogP contribution in [0.5, 0.6) is 0 Å². The molecule has 0 saturated carbocycles. The number of hydrogen-bond donors (Lipinski definition) is 1. The van der Waals surface area contributed by atoms with E-state index in [1.54, 1.807) is 4.88 Å². The quantitative estimate of drug-likeness (QED) is 0.696. The van der Waals surface area contributed by atoms with E-state index in [0.29, 0.717) is 0 Å². The summed E-state index contributed by atoms with van der Waals surface area (Å²) in [5, 5.41) is 3.54. The summed E-state index contributed by atoms with van der Waals surface area (Å²) in [6.45, 7) is 12.3. The van der Waals surface area contributed by atoms with E-state index < -0.39 is 0 Å². The molecule has 0 bridgehead atoms. The van der Waals surface area contributed by atoms with Crippen molar-refractivity contribution < 1.29 is 0 Å². The monoisotopic (exact) mass is 267 g/mol. The minimum absolute atomic E-state index is 0.269.